The molecule has 3 fully saturated rings. The van der Waals surface area contributed by atoms with Crippen molar-refractivity contribution in [1.82, 2.24) is 25.2 Å². The van der Waals surface area contributed by atoms with Crippen LogP contribution >= 0.6 is 0 Å². The third-order valence-electron chi connectivity index (χ3n) is 6.96. The van der Waals surface area contributed by atoms with Gasteiger partial charge in [-0.05, 0) is 25.5 Å². The van der Waals surface area contributed by atoms with Crippen LogP contribution in [-0.2, 0) is 27.4 Å². The average Bonchev–Trinajstić information content (AvgIpc) is 3.53. The van der Waals surface area contributed by atoms with Gasteiger partial charge in [-0.15, -0.1) is 5.10 Å². The number of carbonyl (C=O) groups is 1. The van der Waals surface area contributed by atoms with Gasteiger partial charge in [-0.1, -0.05) is 54.8 Å². The Morgan fingerprint density at radius 1 is 1.09 bits per heavy atom. The standard InChI is InChI=1S/C24H33N5O3/c1-28(12-17-8-4-2-5-9-17)13-19-14-29(27-26-19)21-16-32-22-20(15-31-23(21)22)25-24(30)18-10-6-3-7-11-18/h2,4-5,8-9,14,18,20-23H,3,6-7,10-13,15-16H2,1H3,(H,25,30). The molecule has 2 aromatic rings. The van der Waals surface area contributed by atoms with Gasteiger partial charge in [0.2, 0.25) is 5.91 Å². The zero-order valence-corrected chi connectivity index (χ0v) is 18.7. The van der Waals surface area contributed by atoms with Gasteiger partial charge >= 0.3 is 0 Å². The summed E-state index contributed by atoms with van der Waals surface area (Å²) in [7, 11) is 2.08. The normalized spacial score (nSPS) is 28.2. The van der Waals surface area contributed by atoms with Crippen molar-refractivity contribution in [2.24, 2.45) is 5.92 Å². The lowest BCUT2D eigenvalue weighted by Gasteiger charge is -2.24. The fourth-order valence-electron chi connectivity index (χ4n) is 5.27. The van der Waals surface area contributed by atoms with E-state index < -0.39 is 0 Å². The lowest BCUT2D eigenvalue weighted by Crippen LogP contribution is -2.46. The Hall–Kier alpha value is -2.29. The van der Waals surface area contributed by atoms with Gasteiger partial charge < -0.3 is 14.8 Å². The van der Waals surface area contributed by atoms with Gasteiger partial charge in [0, 0.05) is 19.0 Å². The van der Waals surface area contributed by atoms with Crippen LogP contribution in [0.15, 0.2) is 36.5 Å². The van der Waals surface area contributed by atoms with E-state index in [1.54, 1.807) is 0 Å². The Bertz CT molecular complexity index is 898. The predicted molar refractivity (Wildman–Crippen MR) is 119 cm³/mol. The zero-order chi connectivity index (χ0) is 21.9. The van der Waals surface area contributed by atoms with E-state index in [9.17, 15) is 4.79 Å². The Balaban J connectivity index is 1.16. The number of ether oxygens (including phenoxy) is 2. The Morgan fingerprint density at radius 2 is 1.88 bits per heavy atom. The minimum atomic E-state index is -0.124. The van der Waals surface area contributed by atoms with E-state index in [4.69, 9.17) is 9.47 Å². The highest BCUT2D eigenvalue weighted by molar-refractivity contribution is 5.79. The lowest BCUT2D eigenvalue weighted by atomic mass is 9.88. The summed E-state index contributed by atoms with van der Waals surface area (Å²) in [6.45, 7) is 2.59. The SMILES string of the molecule is CN(Cc1ccccc1)Cc1cn(C2COC3C(NC(=O)C4CCCCC4)COC32)nn1. The number of carbonyl (C=O) groups excluding carboxylic acids is 1. The van der Waals surface area contributed by atoms with Crippen molar-refractivity contribution in [2.45, 2.75) is 69.5 Å². The summed E-state index contributed by atoms with van der Waals surface area (Å²) in [6, 6.07) is 10.3. The molecule has 1 aromatic carbocycles. The number of nitrogens with zero attached hydrogens (tertiary/aromatic N) is 4. The van der Waals surface area contributed by atoms with Crippen molar-refractivity contribution >= 4 is 5.91 Å². The molecule has 0 radical (unpaired) electrons. The quantitative estimate of drug-likeness (QED) is 0.713. The van der Waals surface area contributed by atoms with Crippen molar-refractivity contribution in [3.63, 3.8) is 0 Å². The summed E-state index contributed by atoms with van der Waals surface area (Å²) >= 11 is 0. The van der Waals surface area contributed by atoms with Gasteiger partial charge in [-0.3, -0.25) is 9.69 Å². The van der Waals surface area contributed by atoms with Gasteiger partial charge in [0.1, 0.15) is 18.2 Å². The van der Waals surface area contributed by atoms with E-state index in [1.165, 1.54) is 12.0 Å². The van der Waals surface area contributed by atoms with Crippen LogP contribution in [0.4, 0.5) is 0 Å². The third kappa shape index (κ3) is 4.72. The molecule has 3 heterocycles. The van der Waals surface area contributed by atoms with Gasteiger partial charge in [0.25, 0.3) is 0 Å². The minimum Gasteiger partial charge on any atom is -0.371 e. The van der Waals surface area contributed by atoms with Gasteiger partial charge in [-0.2, -0.15) is 0 Å². The first-order valence-corrected chi connectivity index (χ1v) is 11.8. The molecule has 3 aliphatic rings. The molecular weight excluding hydrogens is 406 g/mol. The van der Waals surface area contributed by atoms with Crippen LogP contribution in [0.25, 0.3) is 0 Å². The second-order valence-electron chi connectivity index (χ2n) is 9.46. The summed E-state index contributed by atoms with van der Waals surface area (Å²) < 4.78 is 14.0. The molecule has 0 spiro atoms. The van der Waals surface area contributed by atoms with Gasteiger partial charge in [0.05, 0.1) is 31.1 Å². The monoisotopic (exact) mass is 439 g/mol. The maximum Gasteiger partial charge on any atom is 0.223 e. The van der Waals surface area contributed by atoms with E-state index in [-0.39, 0.29) is 36.1 Å². The van der Waals surface area contributed by atoms with Crippen LogP contribution < -0.4 is 5.32 Å². The first-order chi connectivity index (χ1) is 15.7. The second-order valence-corrected chi connectivity index (χ2v) is 9.46. The highest BCUT2D eigenvalue weighted by atomic mass is 16.6. The molecule has 8 heteroatoms. The summed E-state index contributed by atoms with van der Waals surface area (Å²) in [4.78, 5) is 14.9. The van der Waals surface area contributed by atoms with E-state index in [0.29, 0.717) is 13.2 Å². The Morgan fingerprint density at radius 3 is 2.69 bits per heavy atom. The number of rotatable bonds is 7. The average molecular weight is 440 g/mol. The number of aromatic nitrogens is 3. The maximum atomic E-state index is 12.7. The van der Waals surface area contributed by atoms with Crippen molar-refractivity contribution < 1.29 is 14.3 Å². The Labute approximate surface area is 189 Å². The number of nitrogens with one attached hydrogen (secondary N) is 1. The molecular formula is C24H33N5O3. The first-order valence-electron chi connectivity index (χ1n) is 11.8. The topological polar surface area (TPSA) is 81.5 Å². The third-order valence-corrected chi connectivity index (χ3v) is 6.96. The molecule has 4 unspecified atom stereocenters. The lowest BCUT2D eigenvalue weighted by molar-refractivity contribution is -0.127. The largest absolute Gasteiger partial charge is 0.371 e. The second kappa shape index (κ2) is 9.68. The predicted octanol–water partition coefficient (Wildman–Crippen LogP) is 2.31. The smallest absolute Gasteiger partial charge is 0.223 e. The van der Waals surface area contributed by atoms with E-state index in [2.05, 4.69) is 51.8 Å². The van der Waals surface area contributed by atoms with Gasteiger partial charge in [0.15, 0.2) is 0 Å². The van der Waals surface area contributed by atoms with E-state index in [1.807, 2.05) is 16.9 Å². The van der Waals surface area contributed by atoms with Crippen molar-refractivity contribution in [3.05, 3.63) is 47.8 Å². The molecule has 1 aliphatic carbocycles. The van der Waals surface area contributed by atoms with E-state index >= 15 is 0 Å². The first kappa shape index (κ1) is 21.6. The highest BCUT2D eigenvalue weighted by Gasteiger charge is 2.49. The Kier molecular flexibility index (Phi) is 6.52. The molecule has 1 N–H and O–H groups in total. The molecule has 4 atom stereocenters. The molecule has 172 valence electrons. The number of fused-ring (bicyclic) bond motifs is 1. The summed E-state index contributed by atoms with van der Waals surface area (Å²) in [5.74, 6) is 0.307. The molecule has 2 saturated heterocycles. The molecule has 1 amide bonds. The van der Waals surface area contributed by atoms with Crippen LogP contribution in [0.2, 0.25) is 0 Å². The highest BCUT2D eigenvalue weighted by Crippen LogP contribution is 2.34. The van der Waals surface area contributed by atoms with Crippen LogP contribution in [-0.4, -0.2) is 64.3 Å². The molecule has 5 rings (SSSR count). The number of amides is 1. The molecule has 8 nitrogen and oxygen atoms in total. The minimum absolute atomic E-state index is 0.0164. The molecule has 0 bridgehead atoms. The fraction of sp³-hybridized carbons (Fsp3) is 0.625. The molecule has 1 aromatic heterocycles. The fourth-order valence-corrected chi connectivity index (χ4v) is 5.27. The van der Waals surface area contributed by atoms with Crippen LogP contribution in [0.1, 0.15) is 49.4 Å². The number of hydrogen-bond acceptors (Lipinski definition) is 6. The summed E-state index contributed by atoms with van der Waals surface area (Å²) in [5.41, 5.74) is 2.20. The van der Waals surface area contributed by atoms with E-state index in [0.717, 1.165) is 44.5 Å². The molecule has 2 aliphatic heterocycles. The van der Waals surface area contributed by atoms with Crippen LogP contribution in [0.3, 0.4) is 0 Å². The summed E-state index contributed by atoms with van der Waals surface area (Å²) in [5, 5.41) is 12.0. The van der Waals surface area contributed by atoms with Crippen LogP contribution in [0, 0.1) is 5.92 Å². The maximum absolute atomic E-state index is 12.7. The molecule has 32 heavy (non-hydrogen) atoms. The number of hydrogen-bond donors (Lipinski definition) is 1. The van der Waals surface area contributed by atoms with Crippen LogP contribution in [0.5, 0.6) is 0 Å². The summed E-state index contributed by atoms with van der Waals surface area (Å²) in [6.07, 6.45) is 7.31. The zero-order valence-electron chi connectivity index (χ0n) is 18.7. The van der Waals surface area contributed by atoms with Crippen molar-refractivity contribution in [3.8, 4) is 0 Å². The van der Waals surface area contributed by atoms with Gasteiger partial charge in [-0.25, -0.2) is 4.68 Å². The van der Waals surface area contributed by atoms with Crippen molar-refractivity contribution in [1.29, 1.82) is 0 Å². The number of benzene rings is 1. The van der Waals surface area contributed by atoms with Crippen molar-refractivity contribution in [2.75, 3.05) is 20.3 Å². The molecule has 1 saturated carbocycles.